The Hall–Kier alpha value is -2.63. The maximum atomic E-state index is 12.0. The van der Waals surface area contributed by atoms with Crippen LogP contribution in [0, 0.1) is 27.7 Å². The molecule has 1 heterocycles. The van der Waals surface area contributed by atoms with Crippen molar-refractivity contribution >= 4 is 17.5 Å². The summed E-state index contributed by atoms with van der Waals surface area (Å²) < 4.78 is 1.91. The normalized spacial score (nSPS) is 10.7. The summed E-state index contributed by atoms with van der Waals surface area (Å²) in [6.45, 7) is 11.1. The zero-order valence-electron chi connectivity index (χ0n) is 16.3. The van der Waals surface area contributed by atoms with Crippen LogP contribution in [0.2, 0.25) is 0 Å². The van der Waals surface area contributed by atoms with Gasteiger partial charge in [0.05, 0.1) is 12.2 Å². The molecule has 0 atom stereocenters. The lowest BCUT2D eigenvalue weighted by Crippen LogP contribution is -2.31. The smallest absolute Gasteiger partial charge is 0.233 e. The van der Waals surface area contributed by atoms with Gasteiger partial charge in [-0.2, -0.15) is 5.10 Å². The van der Waals surface area contributed by atoms with Gasteiger partial charge in [-0.1, -0.05) is 24.6 Å². The minimum absolute atomic E-state index is 0.190. The maximum absolute atomic E-state index is 12.0. The Labute approximate surface area is 155 Å². The van der Waals surface area contributed by atoms with Crippen molar-refractivity contribution in [3.8, 4) is 0 Å². The zero-order chi connectivity index (χ0) is 19.3. The number of nitrogens with one attached hydrogen (secondary N) is 2. The third-order valence-corrected chi connectivity index (χ3v) is 4.51. The van der Waals surface area contributed by atoms with E-state index in [1.807, 2.05) is 50.6 Å². The lowest BCUT2D eigenvalue weighted by atomic mass is 10.1. The predicted molar refractivity (Wildman–Crippen MR) is 103 cm³/mol. The molecule has 2 N–H and O–H groups in total. The molecular formula is C20H28N4O2. The number of nitrogens with zero attached hydrogens (tertiary/aromatic N) is 2. The number of carbonyl (C=O) groups is 2. The molecule has 0 fully saturated rings. The van der Waals surface area contributed by atoms with Gasteiger partial charge in [0.2, 0.25) is 11.8 Å². The molecule has 0 radical (unpaired) electrons. The summed E-state index contributed by atoms with van der Waals surface area (Å²) in [7, 11) is 0. The van der Waals surface area contributed by atoms with Crippen LogP contribution in [0.3, 0.4) is 0 Å². The molecular weight excluding hydrogens is 328 g/mol. The molecule has 2 aromatic rings. The van der Waals surface area contributed by atoms with Gasteiger partial charge < -0.3 is 10.6 Å². The highest BCUT2D eigenvalue weighted by molar-refractivity contribution is 6.03. The van der Waals surface area contributed by atoms with E-state index < -0.39 is 0 Å². The van der Waals surface area contributed by atoms with Crippen molar-refractivity contribution in [3.05, 3.63) is 46.3 Å². The van der Waals surface area contributed by atoms with Gasteiger partial charge in [-0.15, -0.1) is 0 Å². The Morgan fingerprint density at radius 3 is 2.46 bits per heavy atom. The molecule has 0 aliphatic rings. The molecule has 26 heavy (non-hydrogen) atoms. The number of amides is 2. The van der Waals surface area contributed by atoms with Gasteiger partial charge >= 0.3 is 0 Å². The first-order valence-corrected chi connectivity index (χ1v) is 8.98. The fraction of sp³-hybridized carbons (Fsp3) is 0.450. The molecule has 2 rings (SSSR count). The highest BCUT2D eigenvalue weighted by atomic mass is 16.2. The van der Waals surface area contributed by atoms with Gasteiger partial charge in [-0.3, -0.25) is 14.3 Å². The largest absolute Gasteiger partial charge is 0.354 e. The highest BCUT2D eigenvalue weighted by Gasteiger charge is 2.12. The molecule has 6 heteroatoms. The minimum Gasteiger partial charge on any atom is -0.354 e. The van der Waals surface area contributed by atoms with Gasteiger partial charge in [0.25, 0.3) is 0 Å². The van der Waals surface area contributed by atoms with Crippen molar-refractivity contribution < 1.29 is 9.59 Å². The number of anilines is 1. The zero-order valence-corrected chi connectivity index (χ0v) is 16.3. The summed E-state index contributed by atoms with van der Waals surface area (Å²) in [5, 5.41) is 10.1. The van der Waals surface area contributed by atoms with E-state index in [2.05, 4.69) is 22.7 Å². The van der Waals surface area contributed by atoms with Crippen molar-refractivity contribution in [2.24, 2.45) is 0 Å². The van der Waals surface area contributed by atoms with Crippen LogP contribution >= 0.6 is 0 Å². The van der Waals surface area contributed by atoms with E-state index in [1.54, 1.807) is 0 Å². The number of rotatable bonds is 7. The van der Waals surface area contributed by atoms with E-state index in [0.29, 0.717) is 13.1 Å². The summed E-state index contributed by atoms with van der Waals surface area (Å²) in [6, 6.07) is 5.78. The first-order chi connectivity index (χ1) is 12.3. The molecule has 0 bridgehead atoms. The second kappa shape index (κ2) is 8.65. The molecule has 2 amide bonds. The number of carbonyl (C=O) groups excluding carboxylic acids is 2. The first kappa shape index (κ1) is 19.7. The third-order valence-electron chi connectivity index (χ3n) is 4.51. The van der Waals surface area contributed by atoms with Crippen LogP contribution in [0.1, 0.15) is 41.4 Å². The molecule has 0 aliphatic heterocycles. The van der Waals surface area contributed by atoms with Crippen molar-refractivity contribution in [3.63, 3.8) is 0 Å². The van der Waals surface area contributed by atoms with Crippen LogP contribution in [-0.2, 0) is 22.6 Å². The molecule has 1 aromatic carbocycles. The maximum Gasteiger partial charge on any atom is 0.233 e. The second-order valence-electron chi connectivity index (χ2n) is 6.62. The number of hydrogen-bond donors (Lipinski definition) is 2. The van der Waals surface area contributed by atoms with Crippen molar-refractivity contribution in [2.75, 3.05) is 11.9 Å². The average Bonchev–Trinajstić information content (AvgIpc) is 2.83. The Morgan fingerprint density at radius 2 is 1.85 bits per heavy atom. The van der Waals surface area contributed by atoms with Gasteiger partial charge in [0, 0.05) is 17.9 Å². The Kier molecular flexibility index (Phi) is 6.55. The topological polar surface area (TPSA) is 76.0 Å². The molecule has 0 saturated carbocycles. The Morgan fingerprint density at radius 1 is 1.12 bits per heavy atom. The number of hydrogen-bond acceptors (Lipinski definition) is 3. The van der Waals surface area contributed by atoms with E-state index in [9.17, 15) is 9.59 Å². The Balaban J connectivity index is 1.80. The van der Waals surface area contributed by atoms with E-state index >= 15 is 0 Å². The Bertz CT molecular complexity index is 808. The van der Waals surface area contributed by atoms with Crippen LogP contribution < -0.4 is 10.6 Å². The molecule has 140 valence electrons. The van der Waals surface area contributed by atoms with Crippen molar-refractivity contribution in [1.29, 1.82) is 0 Å². The van der Waals surface area contributed by atoms with Crippen LogP contribution in [0.25, 0.3) is 0 Å². The number of benzene rings is 1. The molecule has 0 unspecified atom stereocenters. The summed E-state index contributed by atoms with van der Waals surface area (Å²) in [4.78, 5) is 24.0. The predicted octanol–water partition coefficient (Wildman–Crippen LogP) is 2.82. The number of aryl methyl sites for hydroxylation is 3. The molecule has 0 spiro atoms. The summed E-state index contributed by atoms with van der Waals surface area (Å²) in [6.07, 6.45) is 0.757. The highest BCUT2D eigenvalue weighted by Crippen LogP contribution is 2.16. The molecule has 1 aromatic heterocycles. The second-order valence-corrected chi connectivity index (χ2v) is 6.62. The average molecular weight is 356 g/mol. The van der Waals surface area contributed by atoms with E-state index in [4.69, 9.17) is 0 Å². The van der Waals surface area contributed by atoms with Gasteiger partial charge in [0.15, 0.2) is 0 Å². The van der Waals surface area contributed by atoms with Gasteiger partial charge in [-0.25, -0.2) is 0 Å². The SMILES string of the molecule is CCc1c(C)nn(CCNC(=O)CC(=O)Nc2ccc(C)cc2C)c1C. The van der Waals surface area contributed by atoms with Gasteiger partial charge in [0.1, 0.15) is 6.42 Å². The van der Waals surface area contributed by atoms with Crippen LogP contribution in [0.5, 0.6) is 0 Å². The van der Waals surface area contributed by atoms with Crippen LogP contribution in [0.15, 0.2) is 18.2 Å². The third kappa shape index (κ3) is 4.94. The van der Waals surface area contributed by atoms with Crippen LogP contribution in [0.4, 0.5) is 5.69 Å². The molecule has 0 aliphatic carbocycles. The monoisotopic (exact) mass is 356 g/mol. The lowest BCUT2D eigenvalue weighted by molar-refractivity contribution is -0.126. The quantitative estimate of drug-likeness (QED) is 0.749. The van der Waals surface area contributed by atoms with Crippen molar-refractivity contribution in [2.45, 2.75) is 54.0 Å². The van der Waals surface area contributed by atoms with Gasteiger partial charge in [-0.05, 0) is 51.3 Å². The summed E-state index contributed by atoms with van der Waals surface area (Å²) >= 11 is 0. The van der Waals surface area contributed by atoms with E-state index in [0.717, 1.165) is 34.6 Å². The van der Waals surface area contributed by atoms with E-state index in [-0.39, 0.29) is 18.2 Å². The first-order valence-electron chi connectivity index (χ1n) is 8.98. The lowest BCUT2D eigenvalue weighted by Gasteiger charge is -2.10. The standard InChI is InChI=1S/C20H28N4O2/c1-6-17-15(4)23-24(16(17)5)10-9-21-19(25)12-20(26)22-18-8-7-13(2)11-14(18)3/h7-8,11H,6,9-10,12H2,1-5H3,(H,21,25)(H,22,26). The van der Waals surface area contributed by atoms with E-state index in [1.165, 1.54) is 5.56 Å². The fourth-order valence-electron chi connectivity index (χ4n) is 3.12. The fourth-order valence-corrected chi connectivity index (χ4v) is 3.12. The van der Waals surface area contributed by atoms with Crippen molar-refractivity contribution in [1.82, 2.24) is 15.1 Å². The molecule has 6 nitrogen and oxygen atoms in total. The number of aromatic nitrogens is 2. The molecule has 0 saturated heterocycles. The summed E-state index contributed by atoms with van der Waals surface area (Å²) in [5.74, 6) is -0.599. The van der Waals surface area contributed by atoms with Crippen LogP contribution in [-0.4, -0.2) is 28.1 Å². The minimum atomic E-state index is -0.311. The summed E-state index contributed by atoms with van der Waals surface area (Å²) in [5.41, 5.74) is 6.27.